The van der Waals surface area contributed by atoms with Gasteiger partial charge in [-0.2, -0.15) is 0 Å². The molecule has 1 heterocycles. The second-order valence-electron chi connectivity index (χ2n) is 3.56. The van der Waals surface area contributed by atoms with Crippen LogP contribution in [0.1, 0.15) is 25.7 Å². The number of nitrogens with zero attached hydrogens (tertiary/aromatic N) is 1. The lowest BCUT2D eigenvalue weighted by molar-refractivity contribution is -0.126. The second-order valence-corrected chi connectivity index (χ2v) is 3.56. The fraction of sp³-hybridized carbons (Fsp3) is 0.750. The molecule has 0 aromatic rings. The summed E-state index contributed by atoms with van der Waals surface area (Å²) in [5, 5.41) is 2.35. The van der Waals surface area contributed by atoms with Gasteiger partial charge >= 0.3 is 6.03 Å². The summed E-state index contributed by atoms with van der Waals surface area (Å²) in [6, 6.07) is -0.248. The van der Waals surface area contributed by atoms with Gasteiger partial charge in [0.15, 0.2) is 0 Å². The maximum absolute atomic E-state index is 11.4. The average Bonchev–Trinajstić information content (AvgIpc) is 2.57. The summed E-state index contributed by atoms with van der Waals surface area (Å²) in [6.07, 6.45) is 3.73. The van der Waals surface area contributed by atoms with Crippen LogP contribution in [-0.2, 0) is 4.79 Å². The summed E-state index contributed by atoms with van der Waals surface area (Å²) in [7, 11) is 1.70. The molecule has 2 aliphatic rings. The van der Waals surface area contributed by atoms with Crippen molar-refractivity contribution in [3.63, 3.8) is 0 Å². The van der Waals surface area contributed by atoms with Crippen LogP contribution < -0.4 is 5.32 Å². The Morgan fingerprint density at radius 1 is 1.33 bits per heavy atom. The van der Waals surface area contributed by atoms with Crippen LogP contribution in [0.4, 0.5) is 4.79 Å². The van der Waals surface area contributed by atoms with Crippen molar-refractivity contribution in [2.75, 3.05) is 7.05 Å². The van der Waals surface area contributed by atoms with E-state index in [9.17, 15) is 9.59 Å². The van der Waals surface area contributed by atoms with Gasteiger partial charge in [0.2, 0.25) is 0 Å². The van der Waals surface area contributed by atoms with Crippen molar-refractivity contribution in [1.82, 2.24) is 10.2 Å². The molecule has 4 nitrogen and oxygen atoms in total. The van der Waals surface area contributed by atoms with Gasteiger partial charge < -0.3 is 4.90 Å². The Labute approximate surface area is 70.9 Å². The van der Waals surface area contributed by atoms with Gasteiger partial charge in [0.1, 0.15) is 5.54 Å². The Balaban J connectivity index is 2.34. The van der Waals surface area contributed by atoms with Gasteiger partial charge in [-0.15, -0.1) is 0 Å². The summed E-state index contributed by atoms with van der Waals surface area (Å²) in [4.78, 5) is 24.1. The minimum atomic E-state index is -0.489. The monoisotopic (exact) mass is 168 g/mol. The molecule has 1 aliphatic heterocycles. The Hall–Kier alpha value is -1.06. The summed E-state index contributed by atoms with van der Waals surface area (Å²) in [5.74, 6) is -0.104. The normalized spacial score (nSPS) is 26.9. The van der Waals surface area contributed by atoms with E-state index in [1.54, 1.807) is 11.9 Å². The molecule has 0 aromatic carbocycles. The summed E-state index contributed by atoms with van der Waals surface area (Å²) in [5.41, 5.74) is -0.489. The minimum Gasteiger partial charge on any atom is -0.313 e. The van der Waals surface area contributed by atoms with E-state index in [0.717, 1.165) is 25.7 Å². The number of hydrogen-bond acceptors (Lipinski definition) is 2. The van der Waals surface area contributed by atoms with Gasteiger partial charge in [-0.05, 0) is 12.8 Å². The van der Waals surface area contributed by atoms with E-state index < -0.39 is 5.54 Å². The Morgan fingerprint density at radius 3 is 2.33 bits per heavy atom. The highest BCUT2D eigenvalue weighted by atomic mass is 16.2. The van der Waals surface area contributed by atoms with Gasteiger partial charge in [0, 0.05) is 7.05 Å². The van der Waals surface area contributed by atoms with E-state index in [1.807, 2.05) is 0 Å². The molecule has 0 unspecified atom stereocenters. The third-order valence-corrected chi connectivity index (χ3v) is 3.02. The van der Waals surface area contributed by atoms with Gasteiger partial charge in [-0.1, -0.05) is 12.8 Å². The highest BCUT2D eigenvalue weighted by molar-refractivity contribution is 6.07. The third kappa shape index (κ3) is 0.722. The first-order valence-electron chi connectivity index (χ1n) is 4.26. The number of amides is 3. The van der Waals surface area contributed by atoms with Crippen molar-refractivity contribution in [3.05, 3.63) is 0 Å². The van der Waals surface area contributed by atoms with Gasteiger partial charge in [-0.3, -0.25) is 10.1 Å². The van der Waals surface area contributed by atoms with Gasteiger partial charge in [0.25, 0.3) is 5.91 Å². The Kier molecular flexibility index (Phi) is 1.40. The maximum Gasteiger partial charge on any atom is 0.324 e. The average molecular weight is 168 g/mol. The highest BCUT2D eigenvalue weighted by Crippen LogP contribution is 2.37. The zero-order valence-electron chi connectivity index (χ0n) is 7.09. The first-order chi connectivity index (χ1) is 5.67. The molecule has 1 aliphatic carbocycles. The number of nitrogens with one attached hydrogen (secondary N) is 1. The molecule has 66 valence electrons. The summed E-state index contributed by atoms with van der Waals surface area (Å²) >= 11 is 0. The van der Waals surface area contributed by atoms with Crippen molar-refractivity contribution in [2.45, 2.75) is 31.2 Å². The maximum atomic E-state index is 11.4. The largest absolute Gasteiger partial charge is 0.324 e. The Morgan fingerprint density at radius 2 is 1.92 bits per heavy atom. The summed E-state index contributed by atoms with van der Waals surface area (Å²) in [6.45, 7) is 0. The van der Waals surface area contributed by atoms with Crippen LogP contribution in [0.3, 0.4) is 0 Å². The van der Waals surface area contributed by atoms with Gasteiger partial charge in [-0.25, -0.2) is 4.79 Å². The van der Waals surface area contributed by atoms with Crippen molar-refractivity contribution in [2.24, 2.45) is 0 Å². The van der Waals surface area contributed by atoms with Crippen molar-refractivity contribution in [3.8, 4) is 0 Å². The van der Waals surface area contributed by atoms with Crippen LogP contribution in [0.25, 0.3) is 0 Å². The zero-order valence-corrected chi connectivity index (χ0v) is 7.09. The molecule has 0 bridgehead atoms. The number of likely N-dealkylation sites (N-methyl/N-ethyl adjacent to an activating group) is 1. The second kappa shape index (κ2) is 2.21. The third-order valence-electron chi connectivity index (χ3n) is 3.02. The molecule has 0 aromatic heterocycles. The lowest BCUT2D eigenvalue weighted by Crippen LogP contribution is -2.44. The first-order valence-corrected chi connectivity index (χ1v) is 4.26. The molecule has 2 rings (SSSR count). The summed E-state index contributed by atoms with van der Waals surface area (Å²) < 4.78 is 0. The van der Waals surface area contributed by atoms with E-state index in [2.05, 4.69) is 5.32 Å². The molecule has 1 N–H and O–H groups in total. The van der Waals surface area contributed by atoms with Crippen LogP contribution >= 0.6 is 0 Å². The van der Waals surface area contributed by atoms with Crippen molar-refractivity contribution in [1.29, 1.82) is 0 Å². The van der Waals surface area contributed by atoms with Crippen molar-refractivity contribution < 1.29 is 9.59 Å². The highest BCUT2D eigenvalue weighted by Gasteiger charge is 2.52. The quantitative estimate of drug-likeness (QED) is 0.535. The van der Waals surface area contributed by atoms with Crippen molar-refractivity contribution >= 4 is 11.9 Å². The standard InChI is InChI=1S/C8H12N2O2/c1-10-7(12)9-6(11)8(10)4-2-3-5-8/h2-5H2,1H3,(H,9,11,12). The molecule has 12 heavy (non-hydrogen) atoms. The first kappa shape index (κ1) is 7.58. The van der Waals surface area contributed by atoms with E-state index in [-0.39, 0.29) is 11.9 Å². The number of hydrogen-bond donors (Lipinski definition) is 1. The fourth-order valence-corrected chi connectivity index (χ4v) is 2.17. The van der Waals surface area contributed by atoms with Crippen LogP contribution in [0.15, 0.2) is 0 Å². The predicted octanol–water partition coefficient (Wildman–Crippen LogP) is 0.481. The molecule has 3 amide bonds. The smallest absolute Gasteiger partial charge is 0.313 e. The zero-order chi connectivity index (χ0) is 8.77. The molecule has 1 saturated carbocycles. The Bertz CT molecular complexity index is 243. The van der Waals surface area contributed by atoms with E-state index in [1.165, 1.54) is 0 Å². The molecular formula is C8H12N2O2. The lowest BCUT2D eigenvalue weighted by atomic mass is 9.97. The molecule has 0 atom stereocenters. The fourth-order valence-electron chi connectivity index (χ4n) is 2.17. The molecule has 0 radical (unpaired) electrons. The van der Waals surface area contributed by atoms with Crippen LogP contribution in [-0.4, -0.2) is 29.4 Å². The van der Waals surface area contributed by atoms with Crippen LogP contribution in [0, 0.1) is 0 Å². The number of carbonyl (C=O) groups excluding carboxylic acids is 2. The van der Waals surface area contributed by atoms with Gasteiger partial charge in [0.05, 0.1) is 0 Å². The lowest BCUT2D eigenvalue weighted by Gasteiger charge is -2.27. The number of carbonyl (C=O) groups is 2. The van der Waals surface area contributed by atoms with E-state index in [4.69, 9.17) is 0 Å². The predicted molar refractivity (Wildman–Crippen MR) is 42.5 cm³/mol. The minimum absolute atomic E-state index is 0.104. The van der Waals surface area contributed by atoms with E-state index >= 15 is 0 Å². The molecule has 4 heteroatoms. The molecule has 1 spiro atoms. The number of imide groups is 1. The van der Waals surface area contributed by atoms with Crippen LogP contribution in [0.2, 0.25) is 0 Å². The number of rotatable bonds is 0. The van der Waals surface area contributed by atoms with E-state index in [0.29, 0.717) is 0 Å². The SMILES string of the molecule is CN1C(=O)NC(=O)C12CCCC2. The topological polar surface area (TPSA) is 49.4 Å². The molecule has 2 fully saturated rings. The van der Waals surface area contributed by atoms with Crippen LogP contribution in [0.5, 0.6) is 0 Å². The molecular weight excluding hydrogens is 156 g/mol. The molecule has 1 saturated heterocycles. The number of urea groups is 1.